The van der Waals surface area contributed by atoms with Gasteiger partial charge in [-0.2, -0.15) is 71.8 Å². The van der Waals surface area contributed by atoms with E-state index in [-0.39, 0.29) is 21.1 Å². The molecule has 0 aliphatic heterocycles. The van der Waals surface area contributed by atoms with Gasteiger partial charge in [-0.15, -0.1) is 0 Å². The Morgan fingerprint density at radius 1 is 0.737 bits per heavy atom. The van der Waals surface area contributed by atoms with Crippen molar-refractivity contribution in [2.24, 2.45) is 0 Å². The van der Waals surface area contributed by atoms with Crippen LogP contribution in [0.2, 0.25) is 0 Å². The van der Waals surface area contributed by atoms with Crippen molar-refractivity contribution in [3.05, 3.63) is 71.8 Å². The summed E-state index contributed by atoms with van der Waals surface area (Å²) in [5.41, 5.74) is 2.44. The Morgan fingerprint density at radius 3 is 1.37 bits per heavy atom. The van der Waals surface area contributed by atoms with Gasteiger partial charge in [0.05, 0.1) is 0 Å². The summed E-state index contributed by atoms with van der Waals surface area (Å²) in [5, 5.41) is 0. The van der Waals surface area contributed by atoms with Gasteiger partial charge in [-0.25, -0.2) is 0 Å². The molecule has 0 fully saturated rings. The summed E-state index contributed by atoms with van der Waals surface area (Å²) in [5.74, 6) is 0.373. The first kappa shape index (κ1) is 20.4. The van der Waals surface area contributed by atoms with E-state index >= 15 is 0 Å². The first-order valence-electron chi connectivity index (χ1n) is 6.81. The Bertz CT molecular complexity index is 341. The third-order valence-corrected chi connectivity index (χ3v) is 2.40. The topological polar surface area (TPSA) is 0 Å². The van der Waals surface area contributed by atoms with Crippen molar-refractivity contribution in [2.75, 3.05) is 0 Å². The largest absolute Gasteiger partial charge is 2.00 e. The monoisotopic (exact) mass is 424 g/mol. The average molecular weight is 424 g/mol. The standard InChI is InChI=1S/C14H12.2C2H6.W/c1-12(13-8-4-2-5-9-13)14-10-6-3-7-11-14;2*1-2;/h2-8,10,12H,1H3;2*1-2H3;/q-2;;;+2. The van der Waals surface area contributed by atoms with Gasteiger partial charge in [0.2, 0.25) is 0 Å². The van der Waals surface area contributed by atoms with Gasteiger partial charge in [-0.3, -0.25) is 0 Å². The Balaban J connectivity index is 0. The maximum Gasteiger partial charge on any atom is 2.00 e. The van der Waals surface area contributed by atoms with E-state index in [1.54, 1.807) is 0 Å². The number of benzene rings is 2. The molecule has 0 heterocycles. The molecule has 2 rings (SSSR count). The van der Waals surface area contributed by atoms with Crippen molar-refractivity contribution >= 4 is 0 Å². The summed E-state index contributed by atoms with van der Waals surface area (Å²) in [4.78, 5) is 0. The molecule has 0 nitrogen and oxygen atoms in total. The van der Waals surface area contributed by atoms with Crippen molar-refractivity contribution in [1.82, 2.24) is 0 Å². The van der Waals surface area contributed by atoms with Gasteiger partial charge < -0.3 is 0 Å². The van der Waals surface area contributed by atoms with Crippen LogP contribution >= 0.6 is 0 Å². The first-order valence-corrected chi connectivity index (χ1v) is 6.81. The Hall–Kier alpha value is -0.872. The summed E-state index contributed by atoms with van der Waals surface area (Å²) in [6, 6.07) is 22.7. The molecule has 0 atom stereocenters. The molecule has 0 bridgehead atoms. The van der Waals surface area contributed by atoms with Crippen molar-refractivity contribution in [1.29, 1.82) is 0 Å². The van der Waals surface area contributed by atoms with Gasteiger partial charge in [0.25, 0.3) is 0 Å². The molecular weight excluding hydrogens is 400 g/mol. The van der Waals surface area contributed by atoms with Crippen molar-refractivity contribution < 1.29 is 21.1 Å². The number of hydrogen-bond donors (Lipinski definition) is 0. The van der Waals surface area contributed by atoms with Gasteiger partial charge in [0, 0.05) is 0 Å². The van der Waals surface area contributed by atoms with Crippen LogP contribution in [0, 0.1) is 12.1 Å². The Kier molecular flexibility index (Phi) is 14.6. The molecule has 0 aromatic heterocycles. The number of hydrogen-bond acceptors (Lipinski definition) is 0. The van der Waals surface area contributed by atoms with Crippen LogP contribution in [0.4, 0.5) is 0 Å². The van der Waals surface area contributed by atoms with Crippen LogP contribution < -0.4 is 0 Å². The van der Waals surface area contributed by atoms with Gasteiger partial charge in [0.15, 0.2) is 0 Å². The molecule has 1 heteroatoms. The van der Waals surface area contributed by atoms with Gasteiger partial charge in [-0.05, 0) is 5.92 Å². The van der Waals surface area contributed by atoms with E-state index < -0.39 is 0 Å². The predicted octanol–water partition coefficient (Wildman–Crippen LogP) is 5.49. The summed E-state index contributed by atoms with van der Waals surface area (Å²) in [6.07, 6.45) is 0. The van der Waals surface area contributed by atoms with Gasteiger partial charge in [-0.1, -0.05) is 34.6 Å². The SMILES string of the molecule is CC.CC.CC(c1[c-]cccc1)c1[c-]cccc1.[W+2]. The molecule has 0 N–H and O–H groups in total. The second kappa shape index (κ2) is 13.6. The molecule has 0 saturated carbocycles. The van der Waals surface area contributed by atoms with Gasteiger partial charge >= 0.3 is 21.1 Å². The van der Waals surface area contributed by atoms with Crippen LogP contribution in [-0.4, -0.2) is 0 Å². The molecule has 2 aromatic carbocycles. The minimum atomic E-state index is 0. The zero-order valence-electron chi connectivity index (χ0n) is 12.6. The fraction of sp³-hybridized carbons (Fsp3) is 0.333. The second-order valence-corrected chi connectivity index (χ2v) is 3.36. The van der Waals surface area contributed by atoms with E-state index in [2.05, 4.69) is 31.2 Å². The minimum absolute atomic E-state index is 0. The summed E-state index contributed by atoms with van der Waals surface area (Å²) in [6.45, 7) is 10.2. The maximum atomic E-state index is 3.25. The fourth-order valence-corrected chi connectivity index (χ4v) is 1.52. The van der Waals surface area contributed by atoms with Crippen LogP contribution in [0.3, 0.4) is 0 Å². The molecule has 0 unspecified atom stereocenters. The van der Waals surface area contributed by atoms with Crippen LogP contribution in [0.15, 0.2) is 48.5 Å². The molecule has 0 amide bonds. The average Bonchev–Trinajstić information content (AvgIpc) is 2.52. The molecule has 0 aliphatic carbocycles. The molecule has 102 valence electrons. The molecule has 0 aliphatic rings. The van der Waals surface area contributed by atoms with Crippen LogP contribution in [-0.2, 0) is 21.1 Å². The van der Waals surface area contributed by atoms with Crippen molar-refractivity contribution in [3.8, 4) is 0 Å². The van der Waals surface area contributed by atoms with Crippen LogP contribution in [0.1, 0.15) is 51.7 Å². The molecule has 0 spiro atoms. The smallest absolute Gasteiger partial charge is 0.180 e. The van der Waals surface area contributed by atoms with E-state index in [1.807, 2.05) is 64.1 Å². The van der Waals surface area contributed by atoms with E-state index in [1.165, 1.54) is 11.1 Å². The first-order chi connectivity index (χ1) is 8.88. The minimum Gasteiger partial charge on any atom is -0.180 e. The summed E-state index contributed by atoms with van der Waals surface area (Å²) >= 11 is 0. The molecular formula is C18H24W. The third-order valence-electron chi connectivity index (χ3n) is 2.40. The Labute approximate surface area is 133 Å². The van der Waals surface area contributed by atoms with E-state index in [9.17, 15) is 0 Å². The van der Waals surface area contributed by atoms with E-state index in [0.29, 0.717) is 5.92 Å². The molecule has 2 aromatic rings. The summed E-state index contributed by atoms with van der Waals surface area (Å²) in [7, 11) is 0. The normalized spacial score (nSPS) is 8.32. The van der Waals surface area contributed by atoms with Crippen molar-refractivity contribution in [3.63, 3.8) is 0 Å². The predicted molar refractivity (Wildman–Crippen MR) is 80.8 cm³/mol. The quantitative estimate of drug-likeness (QED) is 0.560. The zero-order chi connectivity index (χ0) is 13.8. The van der Waals surface area contributed by atoms with Gasteiger partial charge in [0.1, 0.15) is 0 Å². The van der Waals surface area contributed by atoms with E-state index in [4.69, 9.17) is 0 Å². The molecule has 19 heavy (non-hydrogen) atoms. The zero-order valence-corrected chi connectivity index (χ0v) is 15.5. The maximum absolute atomic E-state index is 3.25. The molecule has 0 radical (unpaired) electrons. The van der Waals surface area contributed by atoms with Crippen LogP contribution in [0.25, 0.3) is 0 Å². The Morgan fingerprint density at radius 2 is 1.11 bits per heavy atom. The van der Waals surface area contributed by atoms with E-state index in [0.717, 1.165) is 0 Å². The number of rotatable bonds is 2. The van der Waals surface area contributed by atoms with Crippen molar-refractivity contribution in [2.45, 2.75) is 40.5 Å². The third kappa shape index (κ3) is 7.33. The second-order valence-electron chi connectivity index (χ2n) is 3.36. The molecule has 0 saturated heterocycles. The van der Waals surface area contributed by atoms with Crippen LogP contribution in [0.5, 0.6) is 0 Å². The fourth-order valence-electron chi connectivity index (χ4n) is 1.52. The summed E-state index contributed by atoms with van der Waals surface area (Å²) < 4.78 is 0.